The van der Waals surface area contributed by atoms with Gasteiger partial charge in [0.15, 0.2) is 11.9 Å². The smallest absolute Gasteiger partial charge is 0.361 e. The molecule has 0 saturated heterocycles. The third-order valence-electron chi connectivity index (χ3n) is 3.20. The van der Waals surface area contributed by atoms with Gasteiger partial charge in [-0.15, -0.1) is 0 Å². The zero-order valence-corrected chi connectivity index (χ0v) is 12.5. The molecule has 0 aliphatic rings. The molecule has 0 aliphatic heterocycles. The highest BCUT2D eigenvalue weighted by Crippen LogP contribution is 2.49. The molecule has 0 aliphatic carbocycles. The van der Waals surface area contributed by atoms with Crippen molar-refractivity contribution >= 4 is 22.7 Å². The van der Waals surface area contributed by atoms with Gasteiger partial charge in [0.1, 0.15) is 5.69 Å². The second kappa shape index (κ2) is 6.99. The molecule has 1 aromatic carbocycles. The van der Waals surface area contributed by atoms with Crippen LogP contribution >= 0.6 is 0 Å². The lowest BCUT2D eigenvalue weighted by atomic mass is 10.1. The number of alkyl halides is 3. The Bertz CT molecular complexity index is 710. The van der Waals surface area contributed by atoms with Crippen molar-refractivity contribution in [1.82, 2.24) is 0 Å². The van der Waals surface area contributed by atoms with Crippen molar-refractivity contribution in [2.75, 3.05) is 23.3 Å². The van der Waals surface area contributed by atoms with Crippen LogP contribution in [-0.2, 0) is 6.18 Å². The van der Waals surface area contributed by atoms with Gasteiger partial charge in [0.25, 0.3) is 5.69 Å². The van der Waals surface area contributed by atoms with Crippen molar-refractivity contribution in [3.63, 3.8) is 0 Å². The monoisotopic (exact) mass is 347 g/mol. The third-order valence-corrected chi connectivity index (χ3v) is 3.20. The first-order chi connectivity index (χ1) is 11.1. The Labute approximate surface area is 133 Å². The number of rotatable bonds is 6. The summed E-state index contributed by atoms with van der Waals surface area (Å²) in [5, 5.41) is 32.8. The molecule has 130 valence electrons. The lowest BCUT2D eigenvalue weighted by Gasteiger charge is -2.22. The van der Waals surface area contributed by atoms with Crippen molar-refractivity contribution in [2.24, 2.45) is 0 Å². The number of nitrogens with one attached hydrogen (secondary N) is 1. The number of nitro benzene ring substituents is 2. The van der Waals surface area contributed by atoms with E-state index in [1.165, 1.54) is 24.9 Å². The van der Waals surface area contributed by atoms with Crippen LogP contribution in [0.2, 0.25) is 0 Å². The standard InChI is InChI=1S/C12H12F3N5O4/c1-3-18(4-2)10-8(19(21)22)5-7(12(13,14)15)9(17-6-16)11(10)20(23)24/h5,17H,3-4H2,1-2H3. The van der Waals surface area contributed by atoms with E-state index in [2.05, 4.69) is 0 Å². The summed E-state index contributed by atoms with van der Waals surface area (Å²) in [7, 11) is 0. The zero-order chi connectivity index (χ0) is 18.7. The minimum Gasteiger partial charge on any atom is -0.361 e. The van der Waals surface area contributed by atoms with Crippen molar-refractivity contribution in [3.05, 3.63) is 31.9 Å². The van der Waals surface area contributed by atoms with E-state index in [-0.39, 0.29) is 19.2 Å². The summed E-state index contributed by atoms with van der Waals surface area (Å²) in [6.07, 6.45) is -3.93. The summed E-state index contributed by atoms with van der Waals surface area (Å²) in [4.78, 5) is 21.4. The van der Waals surface area contributed by atoms with Crippen LogP contribution in [0, 0.1) is 31.7 Å². The highest BCUT2D eigenvalue weighted by atomic mass is 19.4. The summed E-state index contributed by atoms with van der Waals surface area (Å²) in [6.45, 7) is 3.23. The van der Waals surface area contributed by atoms with E-state index in [1.54, 1.807) is 5.32 Å². The van der Waals surface area contributed by atoms with Crippen LogP contribution in [0.15, 0.2) is 6.07 Å². The maximum absolute atomic E-state index is 13.1. The highest BCUT2D eigenvalue weighted by molar-refractivity contribution is 5.88. The van der Waals surface area contributed by atoms with Gasteiger partial charge in [-0.1, -0.05) is 0 Å². The number of anilines is 2. The van der Waals surface area contributed by atoms with E-state index in [0.717, 1.165) is 0 Å². The maximum Gasteiger partial charge on any atom is 0.418 e. The second-order valence-electron chi connectivity index (χ2n) is 4.44. The molecule has 0 saturated carbocycles. The molecule has 12 heteroatoms. The molecule has 0 amide bonds. The summed E-state index contributed by atoms with van der Waals surface area (Å²) in [5.41, 5.74) is -5.58. The van der Waals surface area contributed by atoms with E-state index in [1.807, 2.05) is 0 Å². The Morgan fingerprint density at radius 3 is 2.12 bits per heavy atom. The third kappa shape index (κ3) is 3.45. The SMILES string of the molecule is CCN(CC)c1c([N+](=O)[O-])cc(C(F)(F)F)c(NC#N)c1[N+](=O)[O-]. The van der Waals surface area contributed by atoms with Gasteiger partial charge in [0.2, 0.25) is 0 Å². The topological polar surface area (TPSA) is 125 Å². The van der Waals surface area contributed by atoms with Crippen molar-refractivity contribution in [3.8, 4) is 6.19 Å². The van der Waals surface area contributed by atoms with Crippen LogP contribution in [0.25, 0.3) is 0 Å². The maximum atomic E-state index is 13.1. The van der Waals surface area contributed by atoms with Gasteiger partial charge in [0, 0.05) is 19.2 Å². The minimum absolute atomic E-state index is 0.0789. The fourth-order valence-corrected chi connectivity index (χ4v) is 2.22. The second-order valence-corrected chi connectivity index (χ2v) is 4.44. The molecule has 9 nitrogen and oxygen atoms in total. The normalized spacial score (nSPS) is 10.8. The van der Waals surface area contributed by atoms with Crippen molar-refractivity contribution < 1.29 is 23.0 Å². The molecule has 0 fully saturated rings. The first-order valence-corrected chi connectivity index (χ1v) is 6.57. The minimum atomic E-state index is -5.13. The van der Waals surface area contributed by atoms with Crippen LogP contribution in [0.3, 0.4) is 0 Å². The molecule has 0 aromatic heterocycles. The Kier molecular flexibility index (Phi) is 5.51. The molecule has 1 N–H and O–H groups in total. The van der Waals surface area contributed by atoms with Crippen LogP contribution in [0.1, 0.15) is 19.4 Å². The van der Waals surface area contributed by atoms with E-state index < -0.39 is 44.3 Å². The summed E-state index contributed by atoms with van der Waals surface area (Å²) >= 11 is 0. The molecular formula is C12H12F3N5O4. The lowest BCUT2D eigenvalue weighted by molar-refractivity contribution is -0.392. The molecule has 0 radical (unpaired) electrons. The molecule has 0 bridgehead atoms. The Hall–Kier alpha value is -3.10. The van der Waals surface area contributed by atoms with E-state index >= 15 is 0 Å². The number of hydrogen-bond donors (Lipinski definition) is 1. The molecule has 0 spiro atoms. The van der Waals surface area contributed by atoms with E-state index in [0.29, 0.717) is 0 Å². The molecule has 1 rings (SSSR count). The molecule has 1 aromatic rings. The van der Waals surface area contributed by atoms with Crippen LogP contribution < -0.4 is 10.2 Å². The number of benzene rings is 1. The van der Waals surface area contributed by atoms with E-state index in [4.69, 9.17) is 5.26 Å². The predicted molar refractivity (Wildman–Crippen MR) is 77.5 cm³/mol. The Balaban J connectivity index is 4.07. The molecule has 0 atom stereocenters. The van der Waals surface area contributed by atoms with Crippen LogP contribution in [0.4, 0.5) is 35.9 Å². The summed E-state index contributed by atoms with van der Waals surface area (Å²) in [6, 6.07) is 0.195. The van der Waals surface area contributed by atoms with Gasteiger partial charge in [-0.2, -0.15) is 18.4 Å². The fourth-order valence-electron chi connectivity index (χ4n) is 2.22. The number of nitro groups is 2. The van der Waals surface area contributed by atoms with Gasteiger partial charge >= 0.3 is 11.9 Å². The van der Waals surface area contributed by atoms with Gasteiger partial charge in [-0.25, -0.2) is 0 Å². The Morgan fingerprint density at radius 2 is 1.79 bits per heavy atom. The molecule has 0 heterocycles. The molecule has 24 heavy (non-hydrogen) atoms. The lowest BCUT2D eigenvalue weighted by Crippen LogP contribution is -2.25. The predicted octanol–water partition coefficient (Wildman–Crippen LogP) is 3.26. The van der Waals surface area contributed by atoms with E-state index in [9.17, 15) is 33.4 Å². The number of nitrogens with zero attached hydrogens (tertiary/aromatic N) is 4. The largest absolute Gasteiger partial charge is 0.418 e. The average molecular weight is 347 g/mol. The first kappa shape index (κ1) is 18.9. The summed E-state index contributed by atoms with van der Waals surface area (Å²) in [5.74, 6) is 0. The van der Waals surface area contributed by atoms with Crippen LogP contribution in [0.5, 0.6) is 0 Å². The molecular weight excluding hydrogens is 335 g/mol. The zero-order valence-electron chi connectivity index (χ0n) is 12.5. The number of nitriles is 1. The highest BCUT2D eigenvalue weighted by Gasteiger charge is 2.43. The molecule has 0 unspecified atom stereocenters. The quantitative estimate of drug-likeness (QED) is 0.362. The van der Waals surface area contributed by atoms with Crippen molar-refractivity contribution in [1.29, 1.82) is 5.26 Å². The number of halogens is 3. The Morgan fingerprint density at radius 1 is 1.25 bits per heavy atom. The first-order valence-electron chi connectivity index (χ1n) is 6.57. The van der Waals surface area contributed by atoms with Crippen LogP contribution in [-0.4, -0.2) is 22.9 Å². The van der Waals surface area contributed by atoms with Gasteiger partial charge in [0.05, 0.1) is 15.4 Å². The van der Waals surface area contributed by atoms with Gasteiger partial charge in [-0.3, -0.25) is 25.5 Å². The summed E-state index contributed by atoms with van der Waals surface area (Å²) < 4.78 is 39.4. The average Bonchev–Trinajstić information content (AvgIpc) is 2.46. The fraction of sp³-hybridized carbons (Fsp3) is 0.417. The van der Waals surface area contributed by atoms with Gasteiger partial charge in [-0.05, 0) is 13.8 Å². The van der Waals surface area contributed by atoms with Crippen molar-refractivity contribution in [2.45, 2.75) is 20.0 Å². The van der Waals surface area contributed by atoms with Gasteiger partial charge < -0.3 is 4.90 Å². The number of hydrogen-bond acceptors (Lipinski definition) is 7.